The molecule has 2 aliphatic rings. The summed E-state index contributed by atoms with van der Waals surface area (Å²) in [6.45, 7) is 0.0909. The van der Waals surface area contributed by atoms with E-state index < -0.39 is 11.9 Å². The van der Waals surface area contributed by atoms with Gasteiger partial charge >= 0.3 is 11.9 Å². The maximum Gasteiger partial charge on any atom is 0.355 e. The lowest BCUT2D eigenvalue weighted by Crippen LogP contribution is -2.38. The number of esters is 2. The lowest BCUT2D eigenvalue weighted by Gasteiger charge is -2.31. The summed E-state index contributed by atoms with van der Waals surface area (Å²) in [5, 5.41) is 1.04. The Bertz CT molecular complexity index is 941. The predicted molar refractivity (Wildman–Crippen MR) is 97.2 cm³/mol. The summed E-state index contributed by atoms with van der Waals surface area (Å²) < 4.78 is 21.5. The normalized spacial score (nSPS) is 17.0. The summed E-state index contributed by atoms with van der Waals surface area (Å²) in [5.41, 5.74) is 2.85. The first-order valence-corrected chi connectivity index (χ1v) is 8.94. The van der Waals surface area contributed by atoms with Crippen molar-refractivity contribution in [1.82, 2.24) is 0 Å². The number of carbonyl (C=O) groups is 2. The van der Waals surface area contributed by atoms with Crippen LogP contribution in [-0.4, -0.2) is 39.5 Å². The minimum absolute atomic E-state index is 0.0156. The van der Waals surface area contributed by atoms with Crippen LogP contribution in [0.5, 0.6) is 0 Å². The molecule has 7 nitrogen and oxygen atoms in total. The summed E-state index contributed by atoms with van der Waals surface area (Å²) in [5.74, 6) is -0.239. The van der Waals surface area contributed by atoms with E-state index in [1.807, 2.05) is 18.2 Å². The molecule has 27 heavy (non-hydrogen) atoms. The van der Waals surface area contributed by atoms with Crippen LogP contribution in [0.2, 0.25) is 0 Å². The summed E-state index contributed by atoms with van der Waals surface area (Å²) in [7, 11) is 2.55. The number of methoxy groups -OCH3 is 2. The second-order valence-corrected chi connectivity index (χ2v) is 6.58. The monoisotopic (exact) mass is 371 g/mol. The van der Waals surface area contributed by atoms with Gasteiger partial charge in [0.1, 0.15) is 18.2 Å². The van der Waals surface area contributed by atoms with Crippen LogP contribution in [0.1, 0.15) is 24.2 Å². The van der Waals surface area contributed by atoms with E-state index in [-0.39, 0.29) is 24.6 Å². The van der Waals surface area contributed by atoms with E-state index in [4.69, 9.17) is 18.6 Å². The Morgan fingerprint density at radius 2 is 1.85 bits per heavy atom. The van der Waals surface area contributed by atoms with Crippen LogP contribution in [0.4, 0.5) is 5.69 Å². The van der Waals surface area contributed by atoms with E-state index in [1.54, 1.807) is 4.90 Å². The molecule has 0 N–H and O–H groups in total. The van der Waals surface area contributed by atoms with Gasteiger partial charge in [0.25, 0.3) is 0 Å². The highest BCUT2D eigenvalue weighted by atomic mass is 16.5. The van der Waals surface area contributed by atoms with Crippen molar-refractivity contribution in [3.05, 3.63) is 40.8 Å². The molecule has 142 valence electrons. The molecule has 0 fully saturated rings. The molecule has 1 aromatic carbocycles. The van der Waals surface area contributed by atoms with Gasteiger partial charge in [-0.15, -0.1) is 0 Å². The predicted octanol–water partition coefficient (Wildman–Crippen LogP) is 2.71. The topological polar surface area (TPSA) is 78.2 Å². The minimum atomic E-state index is -0.619. The zero-order valence-corrected chi connectivity index (χ0v) is 15.4. The quantitative estimate of drug-likeness (QED) is 0.768. The third-order valence-electron chi connectivity index (χ3n) is 5.09. The molecule has 4 rings (SSSR count). The van der Waals surface area contributed by atoms with Gasteiger partial charge in [0, 0.05) is 17.4 Å². The van der Waals surface area contributed by atoms with E-state index in [9.17, 15) is 9.59 Å². The Morgan fingerprint density at radius 3 is 2.63 bits per heavy atom. The molecule has 7 heteroatoms. The number of benzene rings is 1. The largest absolute Gasteiger partial charge is 0.466 e. The van der Waals surface area contributed by atoms with Gasteiger partial charge in [-0.2, -0.15) is 0 Å². The van der Waals surface area contributed by atoms with Crippen molar-refractivity contribution in [2.24, 2.45) is 0 Å². The molecule has 1 aliphatic heterocycles. The Hall–Kier alpha value is -2.80. The number of aryl methyl sites for hydroxylation is 2. The number of ether oxygens (including phenoxy) is 3. The Kier molecular flexibility index (Phi) is 4.61. The van der Waals surface area contributed by atoms with E-state index in [0.29, 0.717) is 11.3 Å². The lowest BCUT2D eigenvalue weighted by molar-refractivity contribution is -0.140. The average Bonchev–Trinajstić information content (AvgIpc) is 3.11. The second kappa shape index (κ2) is 7.08. The van der Waals surface area contributed by atoms with E-state index in [1.165, 1.54) is 19.8 Å². The fourth-order valence-electron chi connectivity index (χ4n) is 3.81. The van der Waals surface area contributed by atoms with Gasteiger partial charge in [0.2, 0.25) is 0 Å². The number of fused-ring (bicyclic) bond motifs is 3. The SMILES string of the molecule is COC(=O)C1=C(C(=O)OC)N(c2cccc3c4c(oc23)CCCC4)COC1. The zero-order chi connectivity index (χ0) is 19.0. The van der Waals surface area contributed by atoms with Crippen LogP contribution in [0.15, 0.2) is 33.9 Å². The maximum absolute atomic E-state index is 12.5. The van der Waals surface area contributed by atoms with Gasteiger partial charge < -0.3 is 23.5 Å². The minimum Gasteiger partial charge on any atom is -0.466 e. The summed E-state index contributed by atoms with van der Waals surface area (Å²) in [4.78, 5) is 26.3. The third kappa shape index (κ3) is 2.88. The molecule has 0 atom stereocenters. The van der Waals surface area contributed by atoms with Crippen molar-refractivity contribution in [2.45, 2.75) is 25.7 Å². The summed E-state index contributed by atoms with van der Waals surface area (Å²) in [6.07, 6.45) is 4.13. The van der Waals surface area contributed by atoms with E-state index >= 15 is 0 Å². The first-order chi connectivity index (χ1) is 13.2. The van der Waals surface area contributed by atoms with Crippen LogP contribution < -0.4 is 4.90 Å². The highest BCUT2D eigenvalue weighted by Crippen LogP contribution is 2.39. The molecule has 0 bridgehead atoms. The Labute approximate surface area is 156 Å². The molecule has 1 aliphatic carbocycles. The maximum atomic E-state index is 12.5. The molecule has 0 saturated carbocycles. The van der Waals surface area contributed by atoms with E-state index in [0.717, 1.165) is 36.8 Å². The number of hydrogen-bond acceptors (Lipinski definition) is 7. The molecular formula is C20H21NO6. The first-order valence-electron chi connectivity index (χ1n) is 8.94. The number of anilines is 1. The van der Waals surface area contributed by atoms with Crippen molar-refractivity contribution in [3.63, 3.8) is 0 Å². The molecule has 2 aromatic rings. The standard InChI is InChI=1S/C20H21NO6/c1-24-19(22)14-10-26-11-21(17(14)20(23)25-2)15-8-5-7-13-12-6-3-4-9-16(12)27-18(13)15/h5,7-8H,3-4,6,9-11H2,1-2H3. The molecular weight excluding hydrogens is 350 g/mol. The molecule has 1 aromatic heterocycles. The van der Waals surface area contributed by atoms with Crippen LogP contribution in [0.25, 0.3) is 11.0 Å². The summed E-state index contributed by atoms with van der Waals surface area (Å²) in [6, 6.07) is 5.80. The fourth-order valence-corrected chi connectivity index (χ4v) is 3.81. The molecule has 0 radical (unpaired) electrons. The molecule has 0 spiro atoms. The summed E-state index contributed by atoms with van der Waals surface area (Å²) >= 11 is 0. The number of nitrogens with zero attached hydrogens (tertiary/aromatic N) is 1. The smallest absolute Gasteiger partial charge is 0.355 e. The van der Waals surface area contributed by atoms with Gasteiger partial charge in [0.05, 0.1) is 32.1 Å². The van der Waals surface area contributed by atoms with Crippen LogP contribution in [0, 0.1) is 0 Å². The molecule has 0 unspecified atom stereocenters. The van der Waals surface area contributed by atoms with Gasteiger partial charge in [-0.3, -0.25) is 0 Å². The number of hydrogen-bond donors (Lipinski definition) is 0. The molecule has 0 amide bonds. The highest BCUT2D eigenvalue weighted by molar-refractivity contribution is 6.05. The van der Waals surface area contributed by atoms with Crippen LogP contribution in [0.3, 0.4) is 0 Å². The van der Waals surface area contributed by atoms with Gasteiger partial charge in [0.15, 0.2) is 5.58 Å². The second-order valence-electron chi connectivity index (χ2n) is 6.58. The zero-order valence-electron chi connectivity index (χ0n) is 15.4. The average molecular weight is 371 g/mol. The van der Waals surface area contributed by atoms with Crippen molar-refractivity contribution in [2.75, 3.05) is 32.5 Å². The van der Waals surface area contributed by atoms with Gasteiger partial charge in [-0.25, -0.2) is 9.59 Å². The first kappa shape index (κ1) is 17.6. The molecule has 0 saturated heterocycles. The van der Waals surface area contributed by atoms with Crippen molar-refractivity contribution in [1.29, 1.82) is 0 Å². The third-order valence-corrected chi connectivity index (χ3v) is 5.09. The van der Waals surface area contributed by atoms with Crippen molar-refractivity contribution < 1.29 is 28.2 Å². The Balaban J connectivity index is 1.90. The Morgan fingerprint density at radius 1 is 1.07 bits per heavy atom. The lowest BCUT2D eigenvalue weighted by atomic mass is 9.96. The number of rotatable bonds is 3. The van der Waals surface area contributed by atoms with Crippen LogP contribution >= 0.6 is 0 Å². The highest BCUT2D eigenvalue weighted by Gasteiger charge is 2.34. The number of para-hydroxylation sites is 1. The van der Waals surface area contributed by atoms with Gasteiger partial charge in [-0.05, 0) is 25.3 Å². The van der Waals surface area contributed by atoms with Crippen LogP contribution in [-0.2, 0) is 36.6 Å². The van der Waals surface area contributed by atoms with E-state index in [2.05, 4.69) is 0 Å². The van der Waals surface area contributed by atoms with Crippen molar-refractivity contribution in [3.8, 4) is 0 Å². The van der Waals surface area contributed by atoms with Crippen molar-refractivity contribution >= 4 is 28.6 Å². The molecule has 2 heterocycles. The number of carbonyl (C=O) groups excluding carboxylic acids is 2. The number of furan rings is 1. The van der Waals surface area contributed by atoms with Gasteiger partial charge in [-0.1, -0.05) is 12.1 Å². The fraction of sp³-hybridized carbons (Fsp3) is 0.400.